The van der Waals surface area contributed by atoms with E-state index in [1.165, 1.54) is 6.92 Å². The van der Waals surface area contributed by atoms with E-state index < -0.39 is 41.5 Å². The molecule has 0 aromatic heterocycles. The number of carbonyl (C=O) groups is 1. The number of amides is 1. The topological polar surface area (TPSA) is 49.3 Å². The van der Waals surface area contributed by atoms with Crippen LogP contribution in [0.3, 0.4) is 0 Å². The standard InChI is InChI=1S/C19H19F4NO2/c1-11(14-8-9-16(20)15(10-14)19(21,22)23)18(26)24-12(2)17(25)13-6-4-3-5-7-13/h3-12,17,25H,1-2H3,(H,24,26). The molecule has 3 nitrogen and oxygen atoms in total. The molecular weight excluding hydrogens is 350 g/mol. The van der Waals surface area contributed by atoms with Crippen LogP contribution in [0.25, 0.3) is 0 Å². The maximum absolute atomic E-state index is 13.4. The Bertz CT molecular complexity index is 762. The molecule has 2 aromatic rings. The van der Waals surface area contributed by atoms with E-state index in [2.05, 4.69) is 5.32 Å². The molecule has 0 aliphatic rings. The van der Waals surface area contributed by atoms with Gasteiger partial charge in [-0.15, -0.1) is 0 Å². The molecule has 140 valence electrons. The molecule has 0 heterocycles. The fraction of sp³-hybridized carbons (Fsp3) is 0.316. The molecule has 2 rings (SSSR count). The quantitative estimate of drug-likeness (QED) is 0.777. The molecule has 0 spiro atoms. The lowest BCUT2D eigenvalue weighted by Crippen LogP contribution is -2.39. The summed E-state index contributed by atoms with van der Waals surface area (Å²) in [6, 6.07) is 10.5. The Labute approximate surface area is 148 Å². The second-order valence-corrected chi connectivity index (χ2v) is 6.11. The molecule has 0 bridgehead atoms. The molecule has 7 heteroatoms. The van der Waals surface area contributed by atoms with E-state index in [0.717, 1.165) is 6.07 Å². The molecule has 0 aliphatic carbocycles. The van der Waals surface area contributed by atoms with Crippen molar-refractivity contribution in [3.8, 4) is 0 Å². The minimum atomic E-state index is -4.84. The summed E-state index contributed by atoms with van der Waals surface area (Å²) in [5.74, 6) is -2.89. The lowest BCUT2D eigenvalue weighted by Gasteiger charge is -2.23. The summed E-state index contributed by atoms with van der Waals surface area (Å²) >= 11 is 0. The second-order valence-electron chi connectivity index (χ2n) is 6.11. The number of alkyl halides is 3. The summed E-state index contributed by atoms with van der Waals surface area (Å²) in [6.45, 7) is 3.01. The van der Waals surface area contributed by atoms with Gasteiger partial charge in [-0.2, -0.15) is 13.2 Å². The molecule has 1 amide bonds. The second kappa shape index (κ2) is 7.86. The maximum atomic E-state index is 13.4. The highest BCUT2D eigenvalue weighted by atomic mass is 19.4. The van der Waals surface area contributed by atoms with E-state index in [1.807, 2.05) is 0 Å². The SMILES string of the molecule is CC(C(=O)NC(C)C(O)c1ccccc1)c1ccc(F)c(C(F)(F)F)c1. The number of halogens is 4. The normalized spacial score (nSPS) is 15.2. The smallest absolute Gasteiger partial charge is 0.386 e. The first-order valence-corrected chi connectivity index (χ1v) is 8.01. The van der Waals surface area contributed by atoms with Gasteiger partial charge in [-0.25, -0.2) is 4.39 Å². The van der Waals surface area contributed by atoms with Crippen molar-refractivity contribution in [3.05, 3.63) is 71.0 Å². The summed E-state index contributed by atoms with van der Waals surface area (Å²) in [5.41, 5.74) is -0.765. The van der Waals surface area contributed by atoms with E-state index >= 15 is 0 Å². The molecular formula is C19H19F4NO2. The van der Waals surface area contributed by atoms with Gasteiger partial charge in [0.05, 0.1) is 23.6 Å². The predicted molar refractivity (Wildman–Crippen MR) is 88.8 cm³/mol. The zero-order valence-electron chi connectivity index (χ0n) is 14.2. The summed E-state index contributed by atoms with van der Waals surface area (Å²) in [4.78, 5) is 12.3. The third-order valence-corrected chi connectivity index (χ3v) is 4.17. The average molecular weight is 369 g/mol. The molecule has 0 saturated heterocycles. The zero-order chi connectivity index (χ0) is 19.5. The summed E-state index contributed by atoms with van der Waals surface area (Å²) < 4.78 is 51.8. The number of benzene rings is 2. The van der Waals surface area contributed by atoms with Crippen LogP contribution in [0.1, 0.15) is 42.6 Å². The Hall–Kier alpha value is -2.41. The van der Waals surface area contributed by atoms with Crippen LogP contribution >= 0.6 is 0 Å². The largest absolute Gasteiger partial charge is 0.419 e. The van der Waals surface area contributed by atoms with Crippen LogP contribution in [-0.4, -0.2) is 17.1 Å². The Morgan fingerprint density at radius 2 is 1.65 bits per heavy atom. The highest BCUT2D eigenvalue weighted by molar-refractivity contribution is 5.83. The van der Waals surface area contributed by atoms with E-state index in [0.29, 0.717) is 17.7 Å². The van der Waals surface area contributed by atoms with Gasteiger partial charge in [0, 0.05) is 0 Å². The van der Waals surface area contributed by atoms with E-state index in [4.69, 9.17) is 0 Å². The van der Waals surface area contributed by atoms with Gasteiger partial charge in [0.25, 0.3) is 0 Å². The van der Waals surface area contributed by atoms with Crippen LogP contribution in [0.15, 0.2) is 48.5 Å². The number of rotatable bonds is 5. The van der Waals surface area contributed by atoms with Crippen molar-refractivity contribution < 1.29 is 27.5 Å². The first kappa shape index (κ1) is 19.9. The number of hydrogen-bond donors (Lipinski definition) is 2. The monoisotopic (exact) mass is 369 g/mol. The van der Waals surface area contributed by atoms with Crippen LogP contribution in [0.5, 0.6) is 0 Å². The molecule has 2 aromatic carbocycles. The van der Waals surface area contributed by atoms with E-state index in [1.54, 1.807) is 37.3 Å². The van der Waals surface area contributed by atoms with Crippen LogP contribution in [-0.2, 0) is 11.0 Å². The molecule has 26 heavy (non-hydrogen) atoms. The van der Waals surface area contributed by atoms with E-state index in [-0.39, 0.29) is 5.56 Å². The van der Waals surface area contributed by atoms with Crippen molar-refractivity contribution in [2.75, 3.05) is 0 Å². The minimum Gasteiger partial charge on any atom is -0.386 e. The lowest BCUT2D eigenvalue weighted by molar-refractivity contribution is -0.140. The number of nitrogens with one attached hydrogen (secondary N) is 1. The van der Waals surface area contributed by atoms with Gasteiger partial charge in [-0.05, 0) is 37.1 Å². The van der Waals surface area contributed by atoms with Crippen molar-refractivity contribution in [1.82, 2.24) is 5.32 Å². The Morgan fingerprint density at radius 1 is 1.04 bits per heavy atom. The van der Waals surface area contributed by atoms with E-state index in [9.17, 15) is 27.5 Å². The Kier molecular flexibility index (Phi) is 6.02. The lowest BCUT2D eigenvalue weighted by atomic mass is 9.96. The number of hydrogen-bond acceptors (Lipinski definition) is 2. The van der Waals surface area contributed by atoms with Crippen LogP contribution in [0, 0.1) is 5.82 Å². The molecule has 2 N–H and O–H groups in total. The van der Waals surface area contributed by atoms with Crippen LogP contribution in [0.4, 0.5) is 17.6 Å². The fourth-order valence-electron chi connectivity index (χ4n) is 2.55. The van der Waals surface area contributed by atoms with Gasteiger partial charge in [-0.3, -0.25) is 4.79 Å². The third-order valence-electron chi connectivity index (χ3n) is 4.17. The van der Waals surface area contributed by atoms with Gasteiger partial charge < -0.3 is 10.4 Å². The predicted octanol–water partition coefficient (Wildman–Crippen LogP) is 4.19. The van der Waals surface area contributed by atoms with Crippen LogP contribution in [0.2, 0.25) is 0 Å². The fourth-order valence-corrected chi connectivity index (χ4v) is 2.55. The van der Waals surface area contributed by atoms with Gasteiger partial charge in [-0.1, -0.05) is 36.4 Å². The summed E-state index contributed by atoms with van der Waals surface area (Å²) in [6.07, 6.45) is -5.81. The molecule has 0 radical (unpaired) electrons. The van der Waals surface area contributed by atoms with Gasteiger partial charge in [0.2, 0.25) is 5.91 Å². The van der Waals surface area contributed by atoms with Gasteiger partial charge >= 0.3 is 6.18 Å². The number of aliphatic hydroxyl groups excluding tert-OH is 1. The van der Waals surface area contributed by atoms with Gasteiger partial charge in [0.15, 0.2) is 0 Å². The minimum absolute atomic E-state index is 0.0395. The summed E-state index contributed by atoms with van der Waals surface area (Å²) in [5, 5.41) is 12.8. The average Bonchev–Trinajstić information content (AvgIpc) is 2.60. The van der Waals surface area contributed by atoms with Crippen molar-refractivity contribution in [2.24, 2.45) is 0 Å². The highest BCUT2D eigenvalue weighted by Crippen LogP contribution is 2.33. The van der Waals surface area contributed by atoms with Gasteiger partial charge in [0.1, 0.15) is 5.82 Å². The maximum Gasteiger partial charge on any atom is 0.419 e. The van der Waals surface area contributed by atoms with Crippen molar-refractivity contribution in [1.29, 1.82) is 0 Å². The number of carbonyl (C=O) groups excluding carboxylic acids is 1. The highest BCUT2D eigenvalue weighted by Gasteiger charge is 2.35. The molecule has 3 atom stereocenters. The molecule has 3 unspecified atom stereocenters. The van der Waals surface area contributed by atoms with Crippen LogP contribution < -0.4 is 5.32 Å². The number of aliphatic hydroxyl groups is 1. The molecule has 0 saturated carbocycles. The Balaban J connectivity index is 2.12. The van der Waals surface area contributed by atoms with Crippen molar-refractivity contribution in [2.45, 2.75) is 38.1 Å². The first-order valence-electron chi connectivity index (χ1n) is 8.01. The zero-order valence-corrected chi connectivity index (χ0v) is 14.2. The first-order chi connectivity index (χ1) is 12.1. The molecule has 0 fully saturated rings. The molecule has 0 aliphatic heterocycles. The summed E-state index contributed by atoms with van der Waals surface area (Å²) in [7, 11) is 0. The third kappa shape index (κ3) is 4.60. The van der Waals surface area contributed by atoms with Crippen molar-refractivity contribution in [3.63, 3.8) is 0 Å². The Morgan fingerprint density at radius 3 is 2.23 bits per heavy atom. The van der Waals surface area contributed by atoms with Crippen molar-refractivity contribution >= 4 is 5.91 Å².